The van der Waals surface area contributed by atoms with Crippen LogP contribution >= 0.6 is 0 Å². The fourth-order valence-electron chi connectivity index (χ4n) is 3.39. The van der Waals surface area contributed by atoms with Gasteiger partial charge in [-0.15, -0.1) is 0 Å². The number of aromatic nitrogens is 1. The summed E-state index contributed by atoms with van der Waals surface area (Å²) in [6.07, 6.45) is 5.43. The third-order valence-corrected chi connectivity index (χ3v) is 4.88. The van der Waals surface area contributed by atoms with Gasteiger partial charge in [-0.3, -0.25) is 4.79 Å². The summed E-state index contributed by atoms with van der Waals surface area (Å²) in [4.78, 5) is 19.1. The van der Waals surface area contributed by atoms with Crippen molar-refractivity contribution in [3.05, 3.63) is 64.9 Å². The second kappa shape index (κ2) is 8.17. The molecule has 0 saturated carbocycles. The molecular weight excluding hydrogens is 322 g/mol. The largest absolute Gasteiger partial charge is 0.356 e. The highest BCUT2D eigenvalue weighted by Gasteiger charge is 2.20. The van der Waals surface area contributed by atoms with Crippen LogP contribution in [0.3, 0.4) is 0 Å². The first-order valence-electron chi connectivity index (χ1n) is 9.26. The van der Waals surface area contributed by atoms with Crippen LogP contribution in [0.25, 0.3) is 6.08 Å². The van der Waals surface area contributed by atoms with Crippen molar-refractivity contribution in [2.24, 2.45) is 0 Å². The minimum absolute atomic E-state index is 0.0166. The molecule has 1 aromatic carbocycles. The minimum atomic E-state index is -0.0166. The molecule has 26 heavy (non-hydrogen) atoms. The summed E-state index contributed by atoms with van der Waals surface area (Å²) in [5, 5.41) is 3.13. The lowest BCUT2D eigenvalue weighted by Gasteiger charge is -2.33. The molecule has 2 aromatic rings. The van der Waals surface area contributed by atoms with Crippen LogP contribution in [-0.4, -0.2) is 30.0 Å². The smallest absolute Gasteiger partial charge is 0.244 e. The van der Waals surface area contributed by atoms with E-state index in [4.69, 9.17) is 0 Å². The molecule has 1 aromatic heterocycles. The van der Waals surface area contributed by atoms with Gasteiger partial charge in [0.25, 0.3) is 0 Å². The van der Waals surface area contributed by atoms with E-state index in [1.807, 2.05) is 25.1 Å². The van der Waals surface area contributed by atoms with Gasteiger partial charge in [0.2, 0.25) is 5.91 Å². The lowest BCUT2D eigenvalue weighted by molar-refractivity contribution is -0.117. The van der Waals surface area contributed by atoms with Gasteiger partial charge in [-0.2, -0.15) is 0 Å². The molecule has 1 aliphatic rings. The molecule has 0 atom stereocenters. The molecule has 0 spiro atoms. The number of aryl methyl sites for hydroxylation is 3. The minimum Gasteiger partial charge on any atom is -0.356 e. The fourth-order valence-corrected chi connectivity index (χ4v) is 3.39. The molecule has 0 radical (unpaired) electrons. The molecule has 4 nitrogen and oxygen atoms in total. The van der Waals surface area contributed by atoms with E-state index in [0.717, 1.165) is 43.0 Å². The highest BCUT2D eigenvalue weighted by Crippen LogP contribution is 2.18. The Morgan fingerprint density at radius 1 is 1.15 bits per heavy atom. The van der Waals surface area contributed by atoms with Crippen LogP contribution in [0.15, 0.2) is 42.5 Å². The summed E-state index contributed by atoms with van der Waals surface area (Å²) in [6.45, 7) is 7.99. The lowest BCUT2D eigenvalue weighted by Crippen LogP contribution is -2.44. The SMILES string of the molecule is Cc1ccc(/C=C/C(=O)NC2CCN(c3cccc(C)n3)CC2)c(C)c1. The molecule has 1 amide bonds. The molecule has 0 bridgehead atoms. The number of nitrogens with zero attached hydrogens (tertiary/aromatic N) is 2. The Bertz CT molecular complexity index is 805. The highest BCUT2D eigenvalue weighted by molar-refractivity contribution is 5.92. The lowest BCUT2D eigenvalue weighted by atomic mass is 10.0. The maximum Gasteiger partial charge on any atom is 0.244 e. The molecule has 3 rings (SSSR count). The number of pyridine rings is 1. The van der Waals surface area contributed by atoms with E-state index in [9.17, 15) is 4.79 Å². The van der Waals surface area contributed by atoms with Gasteiger partial charge in [-0.25, -0.2) is 4.98 Å². The first-order valence-corrected chi connectivity index (χ1v) is 9.26. The molecule has 1 saturated heterocycles. The van der Waals surface area contributed by atoms with E-state index in [1.165, 1.54) is 11.1 Å². The van der Waals surface area contributed by atoms with Crippen molar-refractivity contribution in [1.82, 2.24) is 10.3 Å². The third kappa shape index (κ3) is 4.72. The maximum atomic E-state index is 12.2. The molecule has 4 heteroatoms. The van der Waals surface area contributed by atoms with Gasteiger partial charge in [0, 0.05) is 30.9 Å². The van der Waals surface area contributed by atoms with Crippen LogP contribution in [0, 0.1) is 20.8 Å². The average molecular weight is 349 g/mol. The van der Waals surface area contributed by atoms with Crippen LogP contribution in [0.5, 0.6) is 0 Å². The molecule has 0 unspecified atom stereocenters. The van der Waals surface area contributed by atoms with Gasteiger partial charge in [0.15, 0.2) is 0 Å². The molecule has 1 N–H and O–H groups in total. The first-order chi connectivity index (χ1) is 12.5. The Morgan fingerprint density at radius 3 is 2.62 bits per heavy atom. The van der Waals surface area contributed by atoms with E-state index < -0.39 is 0 Å². The predicted octanol–water partition coefficient (Wildman–Crippen LogP) is 3.81. The van der Waals surface area contributed by atoms with E-state index in [0.29, 0.717) is 0 Å². The second-order valence-corrected chi connectivity index (χ2v) is 7.10. The van der Waals surface area contributed by atoms with E-state index >= 15 is 0 Å². The highest BCUT2D eigenvalue weighted by atomic mass is 16.1. The Labute approximate surface area is 155 Å². The van der Waals surface area contributed by atoms with Gasteiger partial charge >= 0.3 is 0 Å². The normalized spacial score (nSPS) is 15.4. The number of nitrogens with one attached hydrogen (secondary N) is 1. The predicted molar refractivity (Wildman–Crippen MR) is 107 cm³/mol. The number of amides is 1. The van der Waals surface area contributed by atoms with Gasteiger partial charge < -0.3 is 10.2 Å². The van der Waals surface area contributed by atoms with Crippen molar-refractivity contribution >= 4 is 17.8 Å². The molecule has 1 fully saturated rings. The van der Waals surface area contributed by atoms with Crippen molar-refractivity contribution in [1.29, 1.82) is 0 Å². The number of benzene rings is 1. The number of hydrogen-bond donors (Lipinski definition) is 1. The Balaban J connectivity index is 1.51. The molecular formula is C22H27N3O. The maximum absolute atomic E-state index is 12.2. The summed E-state index contributed by atoms with van der Waals surface area (Å²) in [5.74, 6) is 1.02. The number of rotatable bonds is 4. The van der Waals surface area contributed by atoms with Gasteiger partial charge in [0.05, 0.1) is 0 Å². The van der Waals surface area contributed by atoms with Gasteiger partial charge in [-0.1, -0.05) is 29.8 Å². The number of carbonyl (C=O) groups is 1. The van der Waals surface area contributed by atoms with E-state index in [-0.39, 0.29) is 11.9 Å². The fraction of sp³-hybridized carbons (Fsp3) is 0.364. The van der Waals surface area contributed by atoms with Crippen molar-refractivity contribution in [2.75, 3.05) is 18.0 Å². The van der Waals surface area contributed by atoms with Gasteiger partial charge in [-0.05, 0) is 62.9 Å². The monoisotopic (exact) mass is 349 g/mol. The number of hydrogen-bond acceptors (Lipinski definition) is 3. The Kier molecular flexibility index (Phi) is 5.71. The molecule has 2 heterocycles. The van der Waals surface area contributed by atoms with Crippen molar-refractivity contribution in [2.45, 2.75) is 39.7 Å². The number of piperidine rings is 1. The van der Waals surface area contributed by atoms with Crippen LogP contribution in [0.4, 0.5) is 5.82 Å². The summed E-state index contributed by atoms with van der Waals surface area (Å²) < 4.78 is 0. The van der Waals surface area contributed by atoms with Crippen molar-refractivity contribution in [3.8, 4) is 0 Å². The van der Waals surface area contributed by atoms with Crippen molar-refractivity contribution < 1.29 is 4.79 Å². The van der Waals surface area contributed by atoms with Crippen LogP contribution in [0.1, 0.15) is 35.2 Å². The quantitative estimate of drug-likeness (QED) is 0.854. The van der Waals surface area contributed by atoms with Crippen LogP contribution < -0.4 is 10.2 Å². The van der Waals surface area contributed by atoms with E-state index in [1.54, 1.807) is 6.08 Å². The molecule has 136 valence electrons. The summed E-state index contributed by atoms with van der Waals surface area (Å²) in [7, 11) is 0. The average Bonchev–Trinajstić information content (AvgIpc) is 2.61. The summed E-state index contributed by atoms with van der Waals surface area (Å²) >= 11 is 0. The standard InChI is InChI=1S/C22H27N3O/c1-16-7-8-19(17(2)15-16)9-10-22(26)24-20-11-13-25(14-12-20)21-6-4-5-18(3)23-21/h4-10,15,20H,11-14H2,1-3H3,(H,24,26)/b10-9+. The molecule has 1 aliphatic heterocycles. The van der Waals surface area contributed by atoms with Gasteiger partial charge in [0.1, 0.15) is 5.82 Å². The summed E-state index contributed by atoms with van der Waals surface area (Å²) in [6, 6.07) is 12.6. The zero-order valence-electron chi connectivity index (χ0n) is 15.8. The zero-order chi connectivity index (χ0) is 18.5. The first kappa shape index (κ1) is 18.2. The number of anilines is 1. The third-order valence-electron chi connectivity index (χ3n) is 4.88. The van der Waals surface area contributed by atoms with Crippen molar-refractivity contribution in [3.63, 3.8) is 0 Å². The van der Waals surface area contributed by atoms with Crippen LogP contribution in [0.2, 0.25) is 0 Å². The number of carbonyl (C=O) groups excluding carboxylic acids is 1. The second-order valence-electron chi connectivity index (χ2n) is 7.10. The Hall–Kier alpha value is -2.62. The molecule has 0 aliphatic carbocycles. The summed E-state index contributed by atoms with van der Waals surface area (Å²) in [5.41, 5.74) is 4.55. The van der Waals surface area contributed by atoms with E-state index in [2.05, 4.69) is 53.3 Å². The van der Waals surface area contributed by atoms with Crippen LogP contribution in [-0.2, 0) is 4.79 Å². The Morgan fingerprint density at radius 2 is 1.92 bits per heavy atom. The zero-order valence-corrected chi connectivity index (χ0v) is 15.8. The topological polar surface area (TPSA) is 45.2 Å².